The van der Waals surface area contributed by atoms with Crippen LogP contribution in [-0.2, 0) is 0 Å². The molecule has 0 fully saturated rings. The Kier molecular flexibility index (Phi) is 7.17. The summed E-state index contributed by atoms with van der Waals surface area (Å²) in [5.41, 5.74) is 9.60. The molecule has 0 aliphatic heterocycles. The van der Waals surface area contributed by atoms with Crippen LogP contribution in [0.5, 0.6) is 0 Å². The summed E-state index contributed by atoms with van der Waals surface area (Å²) in [6.45, 7) is 0. The van der Waals surface area contributed by atoms with Crippen molar-refractivity contribution in [2.45, 2.75) is 14.7 Å². The van der Waals surface area contributed by atoms with Gasteiger partial charge in [-0.1, -0.05) is 133 Å². The third-order valence-corrected chi connectivity index (χ3v) is 8.06. The molecule has 0 saturated heterocycles. The van der Waals surface area contributed by atoms with Crippen LogP contribution in [0.2, 0.25) is 0 Å². The van der Waals surface area contributed by atoms with Gasteiger partial charge in [-0.25, -0.2) is 0 Å². The van der Waals surface area contributed by atoms with Crippen LogP contribution in [0.15, 0.2) is 166 Å². The second-order valence-corrected chi connectivity index (χ2v) is 10.8. The van der Waals surface area contributed by atoms with Crippen LogP contribution in [0.25, 0.3) is 44.5 Å². The Morgan fingerprint density at radius 2 is 0.763 bits per heavy atom. The Morgan fingerprint density at radius 1 is 0.342 bits per heavy atom. The van der Waals surface area contributed by atoms with Gasteiger partial charge in [0, 0.05) is 20.2 Å². The fourth-order valence-electron chi connectivity index (χ4n) is 4.82. The maximum absolute atomic E-state index is 4.91. The minimum absolute atomic E-state index is 0.975. The zero-order valence-corrected chi connectivity index (χ0v) is 22.5. The molecule has 0 aliphatic rings. The lowest BCUT2D eigenvalue weighted by Gasteiger charge is -2.18. The van der Waals surface area contributed by atoms with E-state index in [2.05, 4.69) is 152 Å². The Morgan fingerprint density at radius 3 is 1.32 bits per heavy atom. The predicted octanol–water partition coefficient (Wildman–Crippen LogP) is 10.8. The first-order chi connectivity index (χ1) is 18.8. The molecule has 0 atom stereocenters. The Balaban J connectivity index is 1.36. The quantitative estimate of drug-likeness (QED) is 0.212. The van der Waals surface area contributed by atoms with E-state index in [4.69, 9.17) is 12.6 Å². The Labute approximate surface area is 234 Å². The van der Waals surface area contributed by atoms with E-state index in [0.717, 1.165) is 10.5 Å². The smallest absolute Gasteiger partial charge is 0.0125 e. The molecule has 38 heavy (non-hydrogen) atoms. The van der Waals surface area contributed by atoms with Gasteiger partial charge in [0.05, 0.1) is 0 Å². The molecule has 0 saturated carbocycles. The fourth-order valence-corrected chi connectivity index (χ4v) is 5.95. The maximum Gasteiger partial charge on any atom is 0.0125 e. The molecule has 2 heteroatoms. The van der Waals surface area contributed by atoms with Gasteiger partial charge in [-0.3, -0.25) is 0 Å². The summed E-state index contributed by atoms with van der Waals surface area (Å²) < 4.78 is 0. The lowest BCUT2D eigenvalue weighted by molar-refractivity contribution is 1.39. The molecule has 0 aromatic heterocycles. The summed E-state index contributed by atoms with van der Waals surface area (Å²) in [6.07, 6.45) is 0. The van der Waals surface area contributed by atoms with Crippen molar-refractivity contribution in [3.05, 3.63) is 152 Å². The monoisotopic (exact) mass is 522 g/mol. The molecule has 182 valence electrons. The summed E-state index contributed by atoms with van der Waals surface area (Å²) in [5.74, 6) is 0. The standard InChI is InChI=1S/C36H26S2/c37-34-25-24-33(28-12-6-2-7-13-28)35(36(34)29-14-8-3-9-15-29)30-18-22-32(23-19-30)38-31-20-16-27(17-21-31)26-10-4-1-5-11-26/h1-25,37H. The third-order valence-electron chi connectivity index (χ3n) is 6.67. The summed E-state index contributed by atoms with van der Waals surface area (Å²) in [4.78, 5) is 3.42. The fraction of sp³-hybridized carbons (Fsp3) is 0. The van der Waals surface area contributed by atoms with Crippen molar-refractivity contribution in [1.29, 1.82) is 0 Å². The SMILES string of the molecule is Sc1ccc(-c2ccccc2)c(-c2ccc(Sc3ccc(-c4ccccc4)cc3)cc2)c1-c1ccccc1. The van der Waals surface area contributed by atoms with Gasteiger partial charge in [-0.15, -0.1) is 12.6 Å². The summed E-state index contributed by atoms with van der Waals surface area (Å²) in [7, 11) is 0. The van der Waals surface area contributed by atoms with Crippen molar-refractivity contribution in [3.63, 3.8) is 0 Å². The second-order valence-electron chi connectivity index (χ2n) is 9.13. The molecular formula is C36H26S2. The molecule has 0 spiro atoms. The highest BCUT2D eigenvalue weighted by Crippen LogP contribution is 2.44. The van der Waals surface area contributed by atoms with Crippen LogP contribution in [-0.4, -0.2) is 0 Å². The van der Waals surface area contributed by atoms with Crippen molar-refractivity contribution in [1.82, 2.24) is 0 Å². The van der Waals surface area contributed by atoms with Crippen LogP contribution in [0.1, 0.15) is 0 Å². The number of hydrogen-bond donors (Lipinski definition) is 1. The highest BCUT2D eigenvalue weighted by atomic mass is 32.2. The van der Waals surface area contributed by atoms with Crippen molar-refractivity contribution in [3.8, 4) is 44.5 Å². The van der Waals surface area contributed by atoms with Gasteiger partial charge >= 0.3 is 0 Å². The van der Waals surface area contributed by atoms with Crippen molar-refractivity contribution in [2.24, 2.45) is 0 Å². The molecule has 6 rings (SSSR count). The first-order valence-corrected chi connectivity index (χ1v) is 13.9. The summed E-state index contributed by atoms with van der Waals surface area (Å²) >= 11 is 6.69. The van der Waals surface area contributed by atoms with E-state index in [1.807, 2.05) is 0 Å². The van der Waals surface area contributed by atoms with Crippen molar-refractivity contribution in [2.75, 3.05) is 0 Å². The van der Waals surface area contributed by atoms with Crippen LogP contribution < -0.4 is 0 Å². The second kappa shape index (κ2) is 11.2. The first-order valence-electron chi connectivity index (χ1n) is 12.7. The highest BCUT2D eigenvalue weighted by molar-refractivity contribution is 7.99. The van der Waals surface area contributed by atoms with E-state index in [1.54, 1.807) is 11.8 Å². The van der Waals surface area contributed by atoms with E-state index in [-0.39, 0.29) is 0 Å². The van der Waals surface area contributed by atoms with E-state index in [9.17, 15) is 0 Å². The van der Waals surface area contributed by atoms with Gasteiger partial charge in [-0.2, -0.15) is 0 Å². The number of hydrogen-bond acceptors (Lipinski definition) is 2. The molecule has 0 bridgehead atoms. The van der Waals surface area contributed by atoms with E-state index in [1.165, 1.54) is 48.7 Å². The lowest BCUT2D eigenvalue weighted by Crippen LogP contribution is -1.92. The van der Waals surface area contributed by atoms with Gasteiger partial charge in [0.15, 0.2) is 0 Å². The van der Waals surface area contributed by atoms with Gasteiger partial charge in [0.1, 0.15) is 0 Å². The largest absolute Gasteiger partial charge is 0.143 e. The lowest BCUT2D eigenvalue weighted by atomic mass is 9.87. The average Bonchev–Trinajstić information content (AvgIpc) is 2.99. The number of benzene rings is 6. The molecule has 0 nitrogen and oxygen atoms in total. The zero-order valence-electron chi connectivity index (χ0n) is 20.8. The first kappa shape index (κ1) is 24.4. The highest BCUT2D eigenvalue weighted by Gasteiger charge is 2.17. The minimum atomic E-state index is 0.975. The minimum Gasteiger partial charge on any atom is -0.143 e. The maximum atomic E-state index is 4.91. The zero-order chi connectivity index (χ0) is 25.7. The molecule has 0 radical (unpaired) electrons. The molecule has 0 heterocycles. The van der Waals surface area contributed by atoms with Crippen LogP contribution in [0, 0.1) is 0 Å². The predicted molar refractivity (Wildman–Crippen MR) is 166 cm³/mol. The van der Waals surface area contributed by atoms with Gasteiger partial charge in [0.2, 0.25) is 0 Å². The van der Waals surface area contributed by atoms with Crippen LogP contribution >= 0.6 is 24.4 Å². The van der Waals surface area contributed by atoms with Gasteiger partial charge in [-0.05, 0) is 69.3 Å². The molecule has 6 aromatic rings. The van der Waals surface area contributed by atoms with Gasteiger partial charge in [0.25, 0.3) is 0 Å². The molecule has 0 unspecified atom stereocenters. The van der Waals surface area contributed by atoms with Crippen molar-refractivity contribution < 1.29 is 0 Å². The Bertz CT molecular complexity index is 1640. The number of rotatable bonds is 6. The van der Waals surface area contributed by atoms with E-state index < -0.39 is 0 Å². The van der Waals surface area contributed by atoms with Gasteiger partial charge < -0.3 is 0 Å². The van der Waals surface area contributed by atoms with Crippen LogP contribution in [0.4, 0.5) is 0 Å². The van der Waals surface area contributed by atoms with E-state index >= 15 is 0 Å². The normalized spacial score (nSPS) is 10.9. The summed E-state index contributed by atoms with van der Waals surface area (Å²) in [6, 6.07) is 53.7. The molecule has 6 aromatic carbocycles. The van der Waals surface area contributed by atoms with Crippen molar-refractivity contribution >= 4 is 24.4 Å². The topological polar surface area (TPSA) is 0 Å². The van der Waals surface area contributed by atoms with E-state index in [0.29, 0.717) is 0 Å². The third kappa shape index (κ3) is 5.19. The molecule has 0 aliphatic carbocycles. The number of thiol groups is 1. The summed E-state index contributed by atoms with van der Waals surface area (Å²) in [5, 5.41) is 0. The average molecular weight is 523 g/mol. The molecular weight excluding hydrogens is 497 g/mol. The molecule has 0 amide bonds. The van der Waals surface area contributed by atoms with Crippen LogP contribution in [0.3, 0.4) is 0 Å². The molecule has 0 N–H and O–H groups in total. The Hall–Kier alpha value is -3.98.